The third-order valence-electron chi connectivity index (χ3n) is 4.41. The first-order valence-corrected chi connectivity index (χ1v) is 8.37. The van der Waals surface area contributed by atoms with Crippen LogP contribution in [0.4, 0.5) is 0 Å². The third-order valence-corrected chi connectivity index (χ3v) is 4.41. The summed E-state index contributed by atoms with van der Waals surface area (Å²) in [4.78, 5) is 3.62. The Morgan fingerprint density at radius 2 is 1.75 bits per heavy atom. The van der Waals surface area contributed by atoms with Gasteiger partial charge in [0.1, 0.15) is 0 Å². The molecule has 1 aromatic heterocycles. The summed E-state index contributed by atoms with van der Waals surface area (Å²) in [5, 5.41) is 1.28. The van der Waals surface area contributed by atoms with E-state index in [0.29, 0.717) is 0 Å². The molecule has 0 amide bonds. The Labute approximate surface area is 144 Å². The Morgan fingerprint density at radius 3 is 2.46 bits per heavy atom. The minimum Gasteiger partial charge on any atom is -0.354 e. The van der Waals surface area contributed by atoms with Crippen LogP contribution in [0.3, 0.4) is 0 Å². The van der Waals surface area contributed by atoms with E-state index in [-0.39, 0.29) is 5.92 Å². The van der Waals surface area contributed by atoms with Gasteiger partial charge in [-0.3, -0.25) is 0 Å². The normalized spacial score (nSPS) is 13.5. The van der Waals surface area contributed by atoms with Gasteiger partial charge in [0.2, 0.25) is 0 Å². The van der Waals surface area contributed by atoms with Gasteiger partial charge in [-0.25, -0.2) is 0 Å². The van der Waals surface area contributed by atoms with E-state index >= 15 is 0 Å². The Balaban J connectivity index is 2.25. The second-order valence-corrected chi connectivity index (χ2v) is 5.95. The van der Waals surface area contributed by atoms with Crippen molar-refractivity contribution in [2.24, 2.45) is 0 Å². The summed E-state index contributed by atoms with van der Waals surface area (Å²) in [7, 11) is 0. The summed E-state index contributed by atoms with van der Waals surface area (Å²) in [5.74, 6) is 0.269. The van der Waals surface area contributed by atoms with Crippen LogP contribution < -0.4 is 0 Å². The zero-order valence-electron chi connectivity index (χ0n) is 14.3. The highest BCUT2D eigenvalue weighted by atomic mass is 14.7. The average Bonchev–Trinajstić information content (AvgIpc) is 3.01. The molecule has 0 saturated heterocycles. The molecule has 0 aliphatic rings. The van der Waals surface area contributed by atoms with Crippen LogP contribution in [0.5, 0.6) is 0 Å². The molecule has 1 unspecified atom stereocenters. The molecule has 1 atom stereocenters. The first kappa shape index (κ1) is 16.1. The van der Waals surface area contributed by atoms with Gasteiger partial charge in [0.15, 0.2) is 0 Å². The number of nitrogens with one attached hydrogen (secondary N) is 1. The maximum atomic E-state index is 3.87. The van der Waals surface area contributed by atoms with E-state index in [2.05, 4.69) is 98.2 Å². The largest absolute Gasteiger partial charge is 0.354 e. The minimum atomic E-state index is 0.269. The summed E-state index contributed by atoms with van der Waals surface area (Å²) in [5.41, 5.74) is 6.19. The van der Waals surface area contributed by atoms with Crippen LogP contribution >= 0.6 is 0 Å². The van der Waals surface area contributed by atoms with Crippen LogP contribution in [-0.2, 0) is 0 Å². The monoisotopic (exact) mass is 313 g/mol. The molecule has 0 aliphatic carbocycles. The number of H-pyrrole nitrogens is 1. The van der Waals surface area contributed by atoms with Crippen molar-refractivity contribution in [3.63, 3.8) is 0 Å². The zero-order chi connectivity index (χ0) is 16.9. The molecule has 3 aromatic rings. The second-order valence-electron chi connectivity index (χ2n) is 5.95. The predicted molar refractivity (Wildman–Crippen MR) is 105 cm³/mol. The van der Waals surface area contributed by atoms with E-state index in [1.165, 1.54) is 33.3 Å². The van der Waals surface area contributed by atoms with E-state index < -0.39 is 0 Å². The molecule has 0 aliphatic heterocycles. The van der Waals surface area contributed by atoms with Gasteiger partial charge in [-0.15, -0.1) is 0 Å². The van der Waals surface area contributed by atoms with Gasteiger partial charge < -0.3 is 4.98 Å². The number of benzene rings is 2. The smallest absolute Gasteiger partial charge is 0.0503 e. The van der Waals surface area contributed by atoms with Crippen molar-refractivity contribution in [2.45, 2.75) is 19.8 Å². The first-order chi connectivity index (χ1) is 11.8. The summed E-state index contributed by atoms with van der Waals surface area (Å²) >= 11 is 0. The summed E-state index contributed by atoms with van der Waals surface area (Å²) in [6, 6.07) is 19.1. The molecule has 120 valence electrons. The molecular weight excluding hydrogens is 290 g/mol. The van der Waals surface area contributed by atoms with E-state index in [1.54, 1.807) is 0 Å². The van der Waals surface area contributed by atoms with E-state index in [4.69, 9.17) is 0 Å². The van der Waals surface area contributed by atoms with E-state index in [1.807, 2.05) is 6.08 Å². The van der Waals surface area contributed by atoms with Gasteiger partial charge in [0, 0.05) is 16.8 Å². The SMILES string of the molecule is C=C/C=C(\C=C/C)C(C)c1c(-c2ccccc2)[nH]c2ccccc12. The van der Waals surface area contributed by atoms with E-state index in [0.717, 1.165) is 0 Å². The van der Waals surface area contributed by atoms with Crippen LogP contribution in [0.15, 0.2) is 91.1 Å². The van der Waals surface area contributed by atoms with Gasteiger partial charge >= 0.3 is 0 Å². The number of rotatable bonds is 5. The molecule has 2 aromatic carbocycles. The number of para-hydroxylation sites is 1. The molecule has 0 radical (unpaired) electrons. The van der Waals surface area contributed by atoms with Crippen LogP contribution in [0, 0.1) is 0 Å². The number of allylic oxidation sites excluding steroid dienone is 5. The maximum Gasteiger partial charge on any atom is 0.0503 e. The van der Waals surface area contributed by atoms with Crippen LogP contribution in [-0.4, -0.2) is 4.98 Å². The molecule has 24 heavy (non-hydrogen) atoms. The maximum absolute atomic E-state index is 3.87. The van der Waals surface area contributed by atoms with Gasteiger partial charge in [-0.1, -0.05) is 86.3 Å². The Bertz CT molecular complexity index is 894. The fourth-order valence-corrected chi connectivity index (χ4v) is 3.29. The summed E-state index contributed by atoms with van der Waals surface area (Å²) in [6.45, 7) is 8.19. The Kier molecular flexibility index (Phi) is 4.81. The molecule has 0 bridgehead atoms. The molecule has 1 heterocycles. The van der Waals surface area contributed by atoms with Crippen molar-refractivity contribution in [1.29, 1.82) is 0 Å². The van der Waals surface area contributed by atoms with Crippen molar-refractivity contribution in [2.75, 3.05) is 0 Å². The number of hydrogen-bond acceptors (Lipinski definition) is 0. The van der Waals surface area contributed by atoms with Crippen molar-refractivity contribution in [3.8, 4) is 11.3 Å². The molecule has 3 rings (SSSR count). The van der Waals surface area contributed by atoms with Crippen LogP contribution in [0.2, 0.25) is 0 Å². The van der Waals surface area contributed by atoms with Crippen molar-refractivity contribution in [1.82, 2.24) is 4.98 Å². The lowest BCUT2D eigenvalue weighted by Gasteiger charge is -2.15. The topological polar surface area (TPSA) is 15.8 Å². The number of hydrogen-bond donors (Lipinski definition) is 1. The minimum absolute atomic E-state index is 0.269. The van der Waals surface area contributed by atoms with Gasteiger partial charge in [0.25, 0.3) is 0 Å². The number of aromatic nitrogens is 1. The molecule has 0 spiro atoms. The van der Waals surface area contributed by atoms with Gasteiger partial charge in [-0.2, -0.15) is 0 Å². The molecule has 1 heteroatoms. The lowest BCUT2D eigenvalue weighted by Crippen LogP contribution is -1.98. The quantitative estimate of drug-likeness (QED) is 0.509. The lowest BCUT2D eigenvalue weighted by atomic mass is 9.88. The third kappa shape index (κ3) is 2.98. The fraction of sp³-hybridized carbons (Fsp3) is 0.130. The van der Waals surface area contributed by atoms with Crippen LogP contribution in [0.25, 0.3) is 22.2 Å². The van der Waals surface area contributed by atoms with Crippen LogP contribution in [0.1, 0.15) is 25.3 Å². The second kappa shape index (κ2) is 7.18. The Morgan fingerprint density at radius 1 is 1.04 bits per heavy atom. The highest BCUT2D eigenvalue weighted by molar-refractivity contribution is 5.92. The number of aromatic amines is 1. The van der Waals surface area contributed by atoms with Gasteiger partial charge in [-0.05, 0) is 29.7 Å². The summed E-state index contributed by atoms with van der Waals surface area (Å²) < 4.78 is 0. The fourth-order valence-electron chi connectivity index (χ4n) is 3.29. The highest BCUT2D eigenvalue weighted by Gasteiger charge is 2.19. The van der Waals surface area contributed by atoms with Gasteiger partial charge in [0.05, 0.1) is 5.69 Å². The standard InChI is InChI=1S/C23H23N/c1-4-11-18(12-5-2)17(3)22-20-15-9-10-16-21(20)24-23(22)19-13-7-6-8-14-19/h4-17,24H,1H2,2-3H3/b12-5-,18-11+. The highest BCUT2D eigenvalue weighted by Crippen LogP contribution is 2.38. The molecule has 1 nitrogen and oxygen atoms in total. The van der Waals surface area contributed by atoms with Crippen molar-refractivity contribution < 1.29 is 0 Å². The average molecular weight is 313 g/mol. The van der Waals surface area contributed by atoms with Crippen molar-refractivity contribution >= 4 is 10.9 Å². The molecule has 0 fully saturated rings. The van der Waals surface area contributed by atoms with E-state index in [9.17, 15) is 0 Å². The zero-order valence-corrected chi connectivity index (χ0v) is 14.3. The molecular formula is C23H23N. The predicted octanol–water partition coefficient (Wildman–Crippen LogP) is 6.63. The molecule has 0 saturated carbocycles. The Hall–Kier alpha value is -2.80. The molecule has 1 N–H and O–H groups in total. The van der Waals surface area contributed by atoms with Crippen molar-refractivity contribution in [3.05, 3.63) is 96.6 Å². The summed E-state index contributed by atoms with van der Waals surface area (Å²) in [6.07, 6.45) is 8.22. The number of fused-ring (bicyclic) bond motifs is 1. The first-order valence-electron chi connectivity index (χ1n) is 8.37. The lowest BCUT2D eigenvalue weighted by molar-refractivity contribution is 0.933.